The molecular formula is C30H60O5. The lowest BCUT2D eigenvalue weighted by molar-refractivity contribution is -0.144. The maximum Gasteiger partial charge on any atom is 0.305 e. The number of rotatable bonds is 30. The van der Waals surface area contributed by atoms with Crippen LogP contribution in [0.25, 0.3) is 0 Å². The summed E-state index contributed by atoms with van der Waals surface area (Å²) in [5.41, 5.74) is 0. The van der Waals surface area contributed by atoms with Crippen LogP contribution in [0.15, 0.2) is 0 Å². The Labute approximate surface area is 218 Å². The maximum absolute atomic E-state index is 11.8. The molecule has 0 amide bonds. The van der Waals surface area contributed by atoms with E-state index in [0.717, 1.165) is 25.9 Å². The molecule has 0 rings (SSSR count). The van der Waals surface area contributed by atoms with Gasteiger partial charge < -0.3 is 18.9 Å². The van der Waals surface area contributed by atoms with Crippen molar-refractivity contribution in [2.75, 3.05) is 46.2 Å². The molecule has 0 fully saturated rings. The average molecular weight is 501 g/mol. The summed E-state index contributed by atoms with van der Waals surface area (Å²) in [6, 6.07) is 0. The molecule has 0 radical (unpaired) electrons. The smallest absolute Gasteiger partial charge is 0.305 e. The van der Waals surface area contributed by atoms with E-state index in [9.17, 15) is 4.79 Å². The summed E-state index contributed by atoms with van der Waals surface area (Å²) in [7, 11) is 0. The molecule has 0 aliphatic rings. The number of hydrogen-bond acceptors (Lipinski definition) is 5. The van der Waals surface area contributed by atoms with Crippen LogP contribution in [-0.4, -0.2) is 52.2 Å². The molecule has 0 saturated heterocycles. The molecule has 0 unspecified atom stereocenters. The van der Waals surface area contributed by atoms with Crippen LogP contribution >= 0.6 is 0 Å². The fourth-order valence-electron chi connectivity index (χ4n) is 4.05. The second-order valence-corrected chi connectivity index (χ2v) is 9.82. The van der Waals surface area contributed by atoms with Gasteiger partial charge in [0.2, 0.25) is 0 Å². The van der Waals surface area contributed by atoms with Crippen molar-refractivity contribution in [2.45, 2.75) is 142 Å². The molecule has 5 heteroatoms. The number of esters is 1. The highest BCUT2D eigenvalue weighted by Gasteiger charge is 2.03. The second kappa shape index (κ2) is 31.4. The van der Waals surface area contributed by atoms with Gasteiger partial charge in [-0.1, -0.05) is 117 Å². The Kier molecular flexibility index (Phi) is 30.8. The van der Waals surface area contributed by atoms with Crippen molar-refractivity contribution < 1.29 is 23.7 Å². The summed E-state index contributed by atoms with van der Waals surface area (Å²) in [5, 5.41) is 0. The van der Waals surface area contributed by atoms with Gasteiger partial charge in [0.15, 0.2) is 0 Å². The third kappa shape index (κ3) is 31.3. The van der Waals surface area contributed by atoms with Gasteiger partial charge in [0.05, 0.1) is 33.0 Å². The molecule has 210 valence electrons. The van der Waals surface area contributed by atoms with Crippen LogP contribution in [0.3, 0.4) is 0 Å². The van der Waals surface area contributed by atoms with Gasteiger partial charge in [-0.05, 0) is 19.3 Å². The number of unbranched alkanes of at least 4 members (excludes halogenated alkanes) is 16. The van der Waals surface area contributed by atoms with Crippen molar-refractivity contribution in [2.24, 2.45) is 0 Å². The Hall–Kier alpha value is -0.650. The maximum atomic E-state index is 11.8. The van der Waals surface area contributed by atoms with E-state index in [1.54, 1.807) is 0 Å². The monoisotopic (exact) mass is 500 g/mol. The van der Waals surface area contributed by atoms with Gasteiger partial charge in [-0.25, -0.2) is 0 Å². The Bertz CT molecular complexity index is 402. The highest BCUT2D eigenvalue weighted by atomic mass is 16.5. The molecule has 0 aromatic heterocycles. The zero-order chi connectivity index (χ0) is 25.5. The van der Waals surface area contributed by atoms with Crippen molar-refractivity contribution in [3.63, 3.8) is 0 Å². The first-order valence-corrected chi connectivity index (χ1v) is 15.2. The summed E-state index contributed by atoms with van der Waals surface area (Å²) < 4.78 is 21.9. The summed E-state index contributed by atoms with van der Waals surface area (Å²) in [5.74, 6) is -0.101. The zero-order valence-corrected chi connectivity index (χ0v) is 23.6. The van der Waals surface area contributed by atoms with Crippen molar-refractivity contribution in [1.82, 2.24) is 0 Å². The lowest BCUT2D eigenvalue weighted by Gasteiger charge is -2.07. The number of ether oxygens (including phenoxy) is 4. The molecule has 0 aliphatic heterocycles. The number of carbonyl (C=O) groups is 1. The first-order valence-electron chi connectivity index (χ1n) is 15.2. The molecule has 0 N–H and O–H groups in total. The molecule has 0 aromatic carbocycles. The van der Waals surface area contributed by atoms with Gasteiger partial charge in [0, 0.05) is 19.6 Å². The minimum atomic E-state index is -0.101. The largest absolute Gasteiger partial charge is 0.466 e. The standard InChI is InChI=1S/C30H60O5/c1-3-5-7-9-10-11-12-13-14-15-16-17-18-20-25-35-30(31)22-21-24-33-27-29-34-28-26-32-23-19-8-6-4-2/h3-29H2,1-2H3. The molecule has 0 heterocycles. The summed E-state index contributed by atoms with van der Waals surface area (Å²) >= 11 is 0. The number of carbonyl (C=O) groups excluding carboxylic acids is 1. The van der Waals surface area contributed by atoms with Crippen LogP contribution in [0.5, 0.6) is 0 Å². The molecular weight excluding hydrogens is 440 g/mol. The Morgan fingerprint density at radius 3 is 1.23 bits per heavy atom. The fraction of sp³-hybridized carbons (Fsp3) is 0.967. The topological polar surface area (TPSA) is 54.0 Å². The molecule has 0 saturated carbocycles. The van der Waals surface area contributed by atoms with E-state index < -0.39 is 0 Å². The van der Waals surface area contributed by atoms with Gasteiger partial charge in [0.25, 0.3) is 0 Å². The Morgan fingerprint density at radius 1 is 0.400 bits per heavy atom. The summed E-state index contributed by atoms with van der Waals surface area (Å²) in [4.78, 5) is 11.8. The van der Waals surface area contributed by atoms with Crippen LogP contribution in [-0.2, 0) is 23.7 Å². The molecule has 0 spiro atoms. The van der Waals surface area contributed by atoms with E-state index in [4.69, 9.17) is 18.9 Å². The third-order valence-electron chi connectivity index (χ3n) is 6.32. The van der Waals surface area contributed by atoms with Crippen LogP contribution in [0.2, 0.25) is 0 Å². The first-order chi connectivity index (χ1) is 17.3. The molecule has 35 heavy (non-hydrogen) atoms. The lowest BCUT2D eigenvalue weighted by Crippen LogP contribution is -2.11. The molecule has 0 bridgehead atoms. The summed E-state index contributed by atoms with van der Waals surface area (Å²) in [6.45, 7) is 8.85. The molecule has 0 aromatic rings. The van der Waals surface area contributed by atoms with Crippen molar-refractivity contribution >= 4 is 5.97 Å². The van der Waals surface area contributed by atoms with E-state index in [-0.39, 0.29) is 5.97 Å². The van der Waals surface area contributed by atoms with Crippen molar-refractivity contribution in [3.05, 3.63) is 0 Å². The minimum absolute atomic E-state index is 0.101. The summed E-state index contributed by atoms with van der Waals surface area (Å²) in [6.07, 6.45) is 24.8. The second-order valence-electron chi connectivity index (χ2n) is 9.82. The molecule has 0 aliphatic carbocycles. The van der Waals surface area contributed by atoms with Crippen LogP contribution in [0.4, 0.5) is 0 Å². The SMILES string of the molecule is CCCCCCCCCCCCCCCCOC(=O)CCCOCCOCCOCCCCCC. The third-order valence-corrected chi connectivity index (χ3v) is 6.32. The fourth-order valence-corrected chi connectivity index (χ4v) is 4.05. The van der Waals surface area contributed by atoms with Gasteiger partial charge in [-0.15, -0.1) is 0 Å². The van der Waals surface area contributed by atoms with E-state index >= 15 is 0 Å². The highest BCUT2D eigenvalue weighted by molar-refractivity contribution is 5.69. The van der Waals surface area contributed by atoms with Crippen LogP contribution < -0.4 is 0 Å². The van der Waals surface area contributed by atoms with Crippen molar-refractivity contribution in [1.29, 1.82) is 0 Å². The van der Waals surface area contributed by atoms with Gasteiger partial charge in [-0.2, -0.15) is 0 Å². The predicted molar refractivity (Wildman–Crippen MR) is 147 cm³/mol. The van der Waals surface area contributed by atoms with Crippen LogP contribution in [0.1, 0.15) is 142 Å². The first kappa shape index (κ1) is 34.4. The van der Waals surface area contributed by atoms with Crippen LogP contribution in [0, 0.1) is 0 Å². The van der Waals surface area contributed by atoms with Crippen molar-refractivity contribution in [3.8, 4) is 0 Å². The van der Waals surface area contributed by atoms with E-state index in [1.807, 2.05) is 0 Å². The quantitative estimate of drug-likeness (QED) is 0.0731. The van der Waals surface area contributed by atoms with E-state index in [1.165, 1.54) is 96.3 Å². The molecule has 0 atom stereocenters. The van der Waals surface area contributed by atoms with Gasteiger partial charge in [-0.3, -0.25) is 4.79 Å². The Balaban J connectivity index is 3.14. The Morgan fingerprint density at radius 2 is 0.743 bits per heavy atom. The average Bonchev–Trinajstić information content (AvgIpc) is 2.86. The van der Waals surface area contributed by atoms with E-state index in [2.05, 4.69) is 13.8 Å². The van der Waals surface area contributed by atoms with Gasteiger partial charge >= 0.3 is 5.97 Å². The predicted octanol–water partition coefficient (Wildman–Crippen LogP) is 8.42. The molecule has 5 nitrogen and oxygen atoms in total. The zero-order valence-electron chi connectivity index (χ0n) is 23.6. The van der Waals surface area contributed by atoms with Gasteiger partial charge in [0.1, 0.15) is 0 Å². The normalized spacial score (nSPS) is 11.3. The number of hydrogen-bond donors (Lipinski definition) is 0. The van der Waals surface area contributed by atoms with E-state index in [0.29, 0.717) is 52.5 Å². The lowest BCUT2D eigenvalue weighted by atomic mass is 10.0. The minimum Gasteiger partial charge on any atom is -0.466 e. The highest BCUT2D eigenvalue weighted by Crippen LogP contribution is 2.13.